The van der Waals surface area contributed by atoms with Gasteiger partial charge in [0.15, 0.2) is 6.61 Å². The van der Waals surface area contributed by atoms with Crippen LogP contribution < -0.4 is 4.74 Å². The summed E-state index contributed by atoms with van der Waals surface area (Å²) in [7, 11) is 0. The second-order valence-electron chi connectivity index (χ2n) is 4.36. The summed E-state index contributed by atoms with van der Waals surface area (Å²) >= 11 is 0. The van der Waals surface area contributed by atoms with Crippen LogP contribution in [0.1, 0.15) is 16.2 Å². The van der Waals surface area contributed by atoms with Gasteiger partial charge < -0.3 is 9.26 Å². The fourth-order valence-electron chi connectivity index (χ4n) is 1.84. The van der Waals surface area contributed by atoms with E-state index in [0.29, 0.717) is 17.3 Å². The van der Waals surface area contributed by atoms with Crippen LogP contribution in [0.2, 0.25) is 0 Å². The maximum atomic E-state index is 10.8. The third-order valence-electron chi connectivity index (χ3n) is 2.85. The van der Waals surface area contributed by atoms with E-state index in [0.717, 1.165) is 17.6 Å². The summed E-state index contributed by atoms with van der Waals surface area (Å²) in [6, 6.07) is 16.4. The zero-order valence-electron chi connectivity index (χ0n) is 11.1. The lowest BCUT2D eigenvalue weighted by molar-refractivity contribution is 0.112. The molecule has 2 aromatic carbocycles. The molecule has 0 radical (unpaired) electrons. The molecule has 0 saturated carbocycles. The molecule has 0 saturated heterocycles. The largest absolute Gasteiger partial charge is 0.484 e. The normalized spacial score (nSPS) is 10.3. The fourth-order valence-corrected chi connectivity index (χ4v) is 1.84. The fraction of sp³-hybridized carbons (Fsp3) is 0.0625. The number of aldehydes is 1. The summed E-state index contributed by atoms with van der Waals surface area (Å²) in [5.74, 6) is 1.55. The van der Waals surface area contributed by atoms with Crippen LogP contribution in [0.5, 0.6) is 5.75 Å². The van der Waals surface area contributed by atoms with Crippen LogP contribution in [0.4, 0.5) is 0 Å². The molecule has 0 bridgehead atoms. The topological polar surface area (TPSA) is 65.2 Å². The van der Waals surface area contributed by atoms with Crippen molar-refractivity contribution in [3.05, 3.63) is 66.1 Å². The summed E-state index contributed by atoms with van der Waals surface area (Å²) in [4.78, 5) is 15.0. The summed E-state index contributed by atoms with van der Waals surface area (Å²) in [6.07, 6.45) is 0.781. The van der Waals surface area contributed by atoms with E-state index in [2.05, 4.69) is 10.1 Å². The summed E-state index contributed by atoms with van der Waals surface area (Å²) in [5.41, 5.74) is 1.30. The van der Waals surface area contributed by atoms with E-state index >= 15 is 0 Å². The Balaban J connectivity index is 1.72. The van der Waals surface area contributed by atoms with E-state index < -0.39 is 0 Å². The van der Waals surface area contributed by atoms with Crippen molar-refractivity contribution in [3.63, 3.8) is 0 Å². The van der Waals surface area contributed by atoms with Crippen molar-refractivity contribution in [1.29, 1.82) is 0 Å². The lowest BCUT2D eigenvalue weighted by Gasteiger charge is -2.01. The molecule has 3 rings (SSSR count). The average molecular weight is 280 g/mol. The minimum atomic E-state index is 0.199. The van der Waals surface area contributed by atoms with Gasteiger partial charge in [-0.25, -0.2) is 0 Å². The Morgan fingerprint density at radius 2 is 1.95 bits per heavy atom. The van der Waals surface area contributed by atoms with Gasteiger partial charge in [0.2, 0.25) is 5.82 Å². The van der Waals surface area contributed by atoms with Crippen molar-refractivity contribution >= 4 is 6.29 Å². The number of para-hydroxylation sites is 1. The van der Waals surface area contributed by atoms with E-state index in [4.69, 9.17) is 9.26 Å². The second kappa shape index (κ2) is 6.00. The van der Waals surface area contributed by atoms with E-state index in [1.807, 2.05) is 36.4 Å². The van der Waals surface area contributed by atoms with Crippen LogP contribution >= 0.6 is 0 Å². The first-order valence-corrected chi connectivity index (χ1v) is 6.41. The molecule has 0 aliphatic carbocycles. The Morgan fingerprint density at radius 1 is 1.10 bits per heavy atom. The number of carbonyl (C=O) groups is 1. The maximum absolute atomic E-state index is 10.8. The molecule has 21 heavy (non-hydrogen) atoms. The molecule has 3 aromatic rings. The molecule has 0 aliphatic rings. The third kappa shape index (κ3) is 3.14. The van der Waals surface area contributed by atoms with Gasteiger partial charge in [-0.15, -0.1) is 0 Å². The van der Waals surface area contributed by atoms with Gasteiger partial charge in [-0.2, -0.15) is 4.98 Å². The monoisotopic (exact) mass is 280 g/mol. The van der Waals surface area contributed by atoms with E-state index in [-0.39, 0.29) is 6.61 Å². The molecular weight excluding hydrogens is 268 g/mol. The first kappa shape index (κ1) is 13.1. The molecule has 104 valence electrons. The van der Waals surface area contributed by atoms with Gasteiger partial charge in [0, 0.05) is 11.1 Å². The first-order chi connectivity index (χ1) is 10.3. The van der Waals surface area contributed by atoms with Gasteiger partial charge in [-0.05, 0) is 18.2 Å². The molecule has 0 fully saturated rings. The molecule has 1 heterocycles. The number of carbonyl (C=O) groups excluding carboxylic acids is 1. The van der Waals surface area contributed by atoms with Crippen LogP contribution in [-0.2, 0) is 6.61 Å². The predicted molar refractivity (Wildman–Crippen MR) is 75.9 cm³/mol. The SMILES string of the molecule is O=Cc1cccc(-c2noc(COc3ccccc3)n2)c1. The Kier molecular flexibility index (Phi) is 3.73. The molecule has 0 amide bonds. The van der Waals surface area contributed by atoms with Crippen molar-refractivity contribution in [3.8, 4) is 17.1 Å². The molecule has 0 unspecified atom stereocenters. The molecule has 0 N–H and O–H groups in total. The van der Waals surface area contributed by atoms with Crippen LogP contribution in [0.3, 0.4) is 0 Å². The standard InChI is InChI=1S/C16H12N2O3/c19-10-12-5-4-6-13(9-12)16-17-15(21-18-16)11-20-14-7-2-1-3-8-14/h1-10H,11H2. The highest BCUT2D eigenvalue weighted by atomic mass is 16.5. The van der Waals surface area contributed by atoms with Crippen molar-refractivity contribution in [2.24, 2.45) is 0 Å². The summed E-state index contributed by atoms with van der Waals surface area (Å²) < 4.78 is 10.7. The van der Waals surface area contributed by atoms with E-state index in [1.165, 1.54) is 0 Å². The van der Waals surface area contributed by atoms with Gasteiger partial charge in [0.1, 0.15) is 12.0 Å². The minimum absolute atomic E-state index is 0.199. The highest BCUT2D eigenvalue weighted by Gasteiger charge is 2.09. The van der Waals surface area contributed by atoms with Crippen molar-refractivity contribution in [1.82, 2.24) is 10.1 Å². The number of rotatable bonds is 5. The number of aromatic nitrogens is 2. The van der Waals surface area contributed by atoms with E-state index in [9.17, 15) is 4.79 Å². The Morgan fingerprint density at radius 3 is 2.76 bits per heavy atom. The molecule has 0 aliphatic heterocycles. The average Bonchev–Trinajstić information content (AvgIpc) is 3.03. The maximum Gasteiger partial charge on any atom is 0.264 e. The lowest BCUT2D eigenvalue weighted by atomic mass is 10.1. The van der Waals surface area contributed by atoms with Crippen molar-refractivity contribution in [2.75, 3.05) is 0 Å². The van der Waals surface area contributed by atoms with Gasteiger partial charge in [-0.3, -0.25) is 4.79 Å². The first-order valence-electron chi connectivity index (χ1n) is 6.41. The van der Waals surface area contributed by atoms with Crippen molar-refractivity contribution in [2.45, 2.75) is 6.61 Å². The molecule has 0 atom stereocenters. The Bertz CT molecular complexity index is 738. The highest BCUT2D eigenvalue weighted by molar-refractivity contribution is 5.77. The Hall–Kier alpha value is -2.95. The quantitative estimate of drug-likeness (QED) is 0.672. The Labute approximate surface area is 121 Å². The molecule has 1 aromatic heterocycles. The molecule has 5 heteroatoms. The van der Waals surface area contributed by atoms with Gasteiger partial charge in [-0.1, -0.05) is 41.6 Å². The molecule has 5 nitrogen and oxygen atoms in total. The zero-order chi connectivity index (χ0) is 14.5. The number of benzene rings is 2. The zero-order valence-corrected chi connectivity index (χ0v) is 11.1. The highest BCUT2D eigenvalue weighted by Crippen LogP contribution is 2.17. The minimum Gasteiger partial charge on any atom is -0.484 e. The van der Waals surface area contributed by atoms with Gasteiger partial charge >= 0.3 is 0 Å². The number of hydrogen-bond acceptors (Lipinski definition) is 5. The van der Waals surface area contributed by atoms with Gasteiger partial charge in [0.25, 0.3) is 5.89 Å². The third-order valence-corrected chi connectivity index (χ3v) is 2.85. The smallest absolute Gasteiger partial charge is 0.264 e. The van der Waals surface area contributed by atoms with Crippen LogP contribution in [0.15, 0.2) is 59.1 Å². The van der Waals surface area contributed by atoms with Crippen LogP contribution in [-0.4, -0.2) is 16.4 Å². The van der Waals surface area contributed by atoms with Crippen LogP contribution in [0.25, 0.3) is 11.4 Å². The molecular formula is C16H12N2O3. The summed E-state index contributed by atoms with van der Waals surface area (Å²) in [5, 5.41) is 3.89. The van der Waals surface area contributed by atoms with E-state index in [1.54, 1.807) is 18.2 Å². The van der Waals surface area contributed by atoms with Crippen LogP contribution in [0, 0.1) is 0 Å². The molecule has 0 spiro atoms. The predicted octanol–water partition coefficient (Wildman–Crippen LogP) is 3.13. The van der Waals surface area contributed by atoms with Gasteiger partial charge in [0.05, 0.1) is 0 Å². The summed E-state index contributed by atoms with van der Waals surface area (Å²) in [6.45, 7) is 0.199. The second-order valence-corrected chi connectivity index (χ2v) is 4.36. The number of nitrogens with zero attached hydrogens (tertiary/aromatic N) is 2. The number of hydrogen-bond donors (Lipinski definition) is 0. The van der Waals surface area contributed by atoms with Crippen molar-refractivity contribution < 1.29 is 14.1 Å². The lowest BCUT2D eigenvalue weighted by Crippen LogP contribution is -1.95. The number of ether oxygens (including phenoxy) is 1.